The molecular weight excluding hydrogens is 474 g/mol. The molecule has 230 valence electrons. The van der Waals surface area contributed by atoms with E-state index < -0.39 is 0 Å². The van der Waals surface area contributed by atoms with Crippen LogP contribution < -0.4 is 44.2 Å². The molecule has 9 nitrogen and oxygen atoms in total. The Labute approximate surface area is 236 Å². The molecule has 0 aliphatic rings. The fourth-order valence-electron chi connectivity index (χ4n) is 4.40. The van der Waals surface area contributed by atoms with Crippen LogP contribution in [-0.2, 0) is 0 Å². The third kappa shape index (κ3) is 25.9. The van der Waals surface area contributed by atoms with Crippen molar-refractivity contribution in [1.82, 2.24) is 26.2 Å². The molecule has 0 amide bonds. The van der Waals surface area contributed by atoms with Gasteiger partial charge in [-0.15, -0.1) is 0 Å². The molecule has 0 aliphatic heterocycles. The first-order valence-electron chi connectivity index (χ1n) is 15.8. The van der Waals surface area contributed by atoms with E-state index >= 15 is 0 Å². The second-order valence-corrected chi connectivity index (χ2v) is 11.9. The molecule has 0 aromatic rings. The molecule has 0 spiro atoms. The van der Waals surface area contributed by atoms with Crippen molar-refractivity contribution in [3.63, 3.8) is 0 Å². The molecule has 0 rings (SSSR count). The largest absolute Gasteiger partial charge is 0.328 e. The summed E-state index contributed by atoms with van der Waals surface area (Å²) in [5.41, 5.74) is 23.8. The van der Waals surface area contributed by atoms with Gasteiger partial charge in [0.05, 0.1) is 0 Å². The summed E-state index contributed by atoms with van der Waals surface area (Å²) in [7, 11) is 0. The van der Waals surface area contributed by atoms with Crippen LogP contribution in [0.5, 0.6) is 0 Å². The second-order valence-electron chi connectivity index (χ2n) is 11.9. The van der Waals surface area contributed by atoms with Crippen molar-refractivity contribution in [3.05, 3.63) is 0 Å². The molecule has 6 unspecified atom stereocenters. The Hall–Kier alpha value is -0.360. The van der Waals surface area contributed by atoms with E-state index in [1.165, 1.54) is 12.8 Å². The zero-order valence-electron chi connectivity index (χ0n) is 25.9. The van der Waals surface area contributed by atoms with Gasteiger partial charge < -0.3 is 49.1 Å². The monoisotopic (exact) mass is 544 g/mol. The highest BCUT2D eigenvalue weighted by Gasteiger charge is 2.16. The normalized spacial score (nSPS) is 16.9. The SMILES string of the molecule is CCC(CN(CCCCNCCC(C)N)CCC(C)N)NCC(CCCNCCC(C)N)NCCC(C)N. The van der Waals surface area contributed by atoms with Gasteiger partial charge in [-0.1, -0.05) is 6.92 Å². The molecule has 12 N–H and O–H groups in total. The minimum atomic E-state index is 0.234. The van der Waals surface area contributed by atoms with E-state index in [4.69, 9.17) is 22.9 Å². The number of hydrogen-bond donors (Lipinski definition) is 8. The van der Waals surface area contributed by atoms with Gasteiger partial charge in [-0.3, -0.25) is 0 Å². The fourth-order valence-corrected chi connectivity index (χ4v) is 4.40. The van der Waals surface area contributed by atoms with Crippen molar-refractivity contribution in [1.29, 1.82) is 0 Å². The van der Waals surface area contributed by atoms with Crippen LogP contribution in [0.15, 0.2) is 0 Å². The third-order valence-corrected chi connectivity index (χ3v) is 7.09. The molecular formula is C29H69N9. The zero-order chi connectivity index (χ0) is 28.6. The Kier molecular flexibility index (Phi) is 25.4. The highest BCUT2D eigenvalue weighted by Crippen LogP contribution is 2.05. The minimum absolute atomic E-state index is 0.234. The summed E-state index contributed by atoms with van der Waals surface area (Å²) in [6.45, 7) is 20.0. The maximum absolute atomic E-state index is 6.10. The van der Waals surface area contributed by atoms with E-state index in [2.05, 4.69) is 60.8 Å². The second kappa shape index (κ2) is 25.6. The van der Waals surface area contributed by atoms with E-state index in [1.54, 1.807) is 0 Å². The standard InChI is InChI=1S/C29H69N9/c1-6-28(23-38(21-14-27(5)33)20-8-7-15-34-17-11-24(2)30)37-22-29(36-19-13-26(4)32)10-9-16-35-18-12-25(3)31/h24-29,34-37H,6-23,30-33H2,1-5H3. The predicted molar refractivity (Wildman–Crippen MR) is 168 cm³/mol. The van der Waals surface area contributed by atoms with Crippen LogP contribution >= 0.6 is 0 Å². The smallest absolute Gasteiger partial charge is 0.0193 e. The minimum Gasteiger partial charge on any atom is -0.328 e. The first-order chi connectivity index (χ1) is 18.1. The number of unbranched alkanes of at least 4 members (excludes halogenated alkanes) is 1. The topological polar surface area (TPSA) is 155 Å². The lowest BCUT2D eigenvalue weighted by Gasteiger charge is -2.30. The molecule has 38 heavy (non-hydrogen) atoms. The Morgan fingerprint density at radius 3 is 1.66 bits per heavy atom. The van der Waals surface area contributed by atoms with E-state index in [0.29, 0.717) is 12.1 Å². The fraction of sp³-hybridized carbons (Fsp3) is 1.00. The number of hydrogen-bond acceptors (Lipinski definition) is 9. The Morgan fingerprint density at radius 1 is 0.553 bits per heavy atom. The molecule has 0 aromatic carbocycles. The van der Waals surface area contributed by atoms with Crippen LogP contribution in [0.3, 0.4) is 0 Å². The lowest BCUT2D eigenvalue weighted by Crippen LogP contribution is -2.48. The highest BCUT2D eigenvalue weighted by atomic mass is 15.2. The van der Waals surface area contributed by atoms with Crippen LogP contribution in [0.4, 0.5) is 0 Å². The Bertz CT molecular complexity index is 489. The van der Waals surface area contributed by atoms with Crippen LogP contribution in [0.25, 0.3) is 0 Å². The van der Waals surface area contributed by atoms with Gasteiger partial charge >= 0.3 is 0 Å². The van der Waals surface area contributed by atoms with Crippen molar-refractivity contribution in [2.24, 2.45) is 22.9 Å². The van der Waals surface area contributed by atoms with Crippen molar-refractivity contribution >= 4 is 0 Å². The lowest BCUT2D eigenvalue weighted by molar-refractivity contribution is 0.224. The van der Waals surface area contributed by atoms with Crippen LogP contribution in [0.2, 0.25) is 0 Å². The van der Waals surface area contributed by atoms with Crippen molar-refractivity contribution in [2.45, 2.75) is 129 Å². The molecule has 6 atom stereocenters. The number of nitrogens with one attached hydrogen (secondary N) is 4. The molecule has 0 aromatic heterocycles. The van der Waals surface area contributed by atoms with Gasteiger partial charge in [0.15, 0.2) is 0 Å². The lowest BCUT2D eigenvalue weighted by atomic mass is 10.1. The van der Waals surface area contributed by atoms with Gasteiger partial charge in [0.25, 0.3) is 0 Å². The third-order valence-electron chi connectivity index (χ3n) is 7.09. The first kappa shape index (κ1) is 37.6. The molecule has 0 bridgehead atoms. The van der Waals surface area contributed by atoms with E-state index in [0.717, 1.165) is 104 Å². The van der Waals surface area contributed by atoms with E-state index in [1.807, 2.05) is 0 Å². The molecule has 0 aliphatic carbocycles. The van der Waals surface area contributed by atoms with Crippen LogP contribution in [0.1, 0.15) is 92.4 Å². The summed E-state index contributed by atoms with van der Waals surface area (Å²) in [6.07, 6.45) is 9.95. The summed E-state index contributed by atoms with van der Waals surface area (Å²) in [4.78, 5) is 2.62. The predicted octanol–water partition coefficient (Wildman–Crippen LogP) is 1.30. The molecule has 9 heteroatoms. The summed E-state index contributed by atoms with van der Waals surface area (Å²) in [5.74, 6) is 0. The van der Waals surface area contributed by atoms with Gasteiger partial charge in [-0.05, 0) is 131 Å². The van der Waals surface area contributed by atoms with Crippen molar-refractivity contribution < 1.29 is 0 Å². The molecule has 0 saturated carbocycles. The average Bonchev–Trinajstić information content (AvgIpc) is 2.84. The summed E-state index contributed by atoms with van der Waals surface area (Å²) in [6, 6.07) is 1.95. The van der Waals surface area contributed by atoms with Gasteiger partial charge in [-0.25, -0.2) is 0 Å². The van der Waals surface area contributed by atoms with Crippen molar-refractivity contribution in [3.8, 4) is 0 Å². The first-order valence-corrected chi connectivity index (χ1v) is 15.8. The van der Waals surface area contributed by atoms with Crippen LogP contribution in [0, 0.1) is 0 Å². The molecule has 0 saturated heterocycles. The highest BCUT2D eigenvalue weighted by molar-refractivity contribution is 4.78. The summed E-state index contributed by atoms with van der Waals surface area (Å²) < 4.78 is 0. The van der Waals surface area contributed by atoms with Gasteiger partial charge in [0, 0.05) is 49.3 Å². The maximum Gasteiger partial charge on any atom is 0.0193 e. The average molecular weight is 544 g/mol. The van der Waals surface area contributed by atoms with E-state index in [9.17, 15) is 0 Å². The Balaban J connectivity index is 4.63. The van der Waals surface area contributed by atoms with Gasteiger partial charge in [0.1, 0.15) is 0 Å². The maximum atomic E-state index is 6.10. The molecule has 0 radical (unpaired) electrons. The molecule has 0 fully saturated rings. The van der Waals surface area contributed by atoms with E-state index in [-0.39, 0.29) is 24.2 Å². The number of rotatable bonds is 28. The summed E-state index contributed by atoms with van der Waals surface area (Å²) in [5, 5.41) is 14.7. The summed E-state index contributed by atoms with van der Waals surface area (Å²) >= 11 is 0. The number of nitrogens with zero attached hydrogens (tertiary/aromatic N) is 1. The molecule has 0 heterocycles. The zero-order valence-corrected chi connectivity index (χ0v) is 25.9. The number of nitrogens with two attached hydrogens (primary N) is 4. The van der Waals surface area contributed by atoms with Gasteiger partial charge in [-0.2, -0.15) is 0 Å². The van der Waals surface area contributed by atoms with Gasteiger partial charge in [0.2, 0.25) is 0 Å². The Morgan fingerprint density at radius 2 is 1.11 bits per heavy atom. The van der Waals surface area contributed by atoms with Crippen LogP contribution in [-0.4, -0.2) is 100 Å². The van der Waals surface area contributed by atoms with Crippen molar-refractivity contribution in [2.75, 3.05) is 58.9 Å². The quantitative estimate of drug-likeness (QED) is 0.0682.